The van der Waals surface area contributed by atoms with Gasteiger partial charge in [0.2, 0.25) is 0 Å². The lowest BCUT2D eigenvalue weighted by molar-refractivity contribution is 0.0763. The summed E-state index contributed by atoms with van der Waals surface area (Å²) in [6.45, 7) is 8.52. The molecule has 5 rings (SSSR count). The maximum Gasteiger partial charge on any atom is 0.253 e. The Balaban J connectivity index is 1.45. The van der Waals surface area contributed by atoms with Gasteiger partial charge in [-0.1, -0.05) is 18.2 Å². The van der Waals surface area contributed by atoms with Crippen molar-refractivity contribution in [1.29, 1.82) is 5.26 Å². The highest BCUT2D eigenvalue weighted by molar-refractivity contribution is 5.98. The summed E-state index contributed by atoms with van der Waals surface area (Å²) in [7, 11) is 4.28. The summed E-state index contributed by atoms with van der Waals surface area (Å²) < 4.78 is 0. The predicted molar refractivity (Wildman–Crippen MR) is 150 cm³/mol. The lowest BCUT2D eigenvalue weighted by atomic mass is 9.90. The maximum atomic E-state index is 13.5. The van der Waals surface area contributed by atoms with Crippen LogP contribution >= 0.6 is 0 Å². The molecule has 0 atom stereocenters. The van der Waals surface area contributed by atoms with Gasteiger partial charge in [-0.3, -0.25) is 14.8 Å². The molecule has 2 aromatic carbocycles. The molecule has 1 aromatic heterocycles. The monoisotopic (exact) mass is 511 g/mol. The van der Waals surface area contributed by atoms with Crippen LogP contribution in [0, 0.1) is 11.3 Å². The molecule has 38 heavy (non-hydrogen) atoms. The molecule has 8 heteroatoms. The van der Waals surface area contributed by atoms with Crippen molar-refractivity contribution >= 4 is 5.91 Å². The molecule has 0 bridgehead atoms. The minimum Gasteiger partial charge on any atom is -0.337 e. The highest BCUT2D eigenvalue weighted by atomic mass is 16.2. The van der Waals surface area contributed by atoms with E-state index in [-0.39, 0.29) is 5.91 Å². The average molecular weight is 512 g/mol. The van der Waals surface area contributed by atoms with Crippen LogP contribution in [0.2, 0.25) is 0 Å². The summed E-state index contributed by atoms with van der Waals surface area (Å²) in [6, 6.07) is 14.5. The number of aromatic nitrogens is 2. The SMILES string of the molecule is CN1CCCN(Cc2ccc(-c3ccc(C(=O)N4CCCN(C)CC4)cc3-c3cn[nH]c3)c(C#N)c2)CC1. The van der Waals surface area contributed by atoms with E-state index in [9.17, 15) is 10.1 Å². The third-order valence-electron chi connectivity index (χ3n) is 7.80. The van der Waals surface area contributed by atoms with E-state index in [1.54, 1.807) is 6.20 Å². The van der Waals surface area contributed by atoms with E-state index >= 15 is 0 Å². The van der Waals surface area contributed by atoms with E-state index in [2.05, 4.69) is 57.2 Å². The molecule has 2 aliphatic heterocycles. The van der Waals surface area contributed by atoms with Crippen LogP contribution in [-0.4, -0.2) is 102 Å². The summed E-state index contributed by atoms with van der Waals surface area (Å²) in [5.74, 6) is 0.0514. The zero-order chi connectivity index (χ0) is 26.5. The first kappa shape index (κ1) is 26.1. The molecular formula is C30H37N7O. The first-order chi connectivity index (χ1) is 18.5. The van der Waals surface area contributed by atoms with Gasteiger partial charge in [0.05, 0.1) is 17.8 Å². The van der Waals surface area contributed by atoms with Crippen LogP contribution in [0.1, 0.15) is 34.3 Å². The standard InChI is InChI=1S/C30H37N7O/c1-34-9-3-11-36(15-13-34)22-23-5-7-27(25(17-23)19-31)28-8-6-24(18-29(28)26-20-32-33-21-26)30(38)37-12-4-10-35(2)14-16-37/h5-8,17-18,20-21H,3-4,9-16,22H2,1-2H3,(H,32,33). The summed E-state index contributed by atoms with van der Waals surface area (Å²) in [5.41, 5.74) is 6.06. The van der Waals surface area contributed by atoms with Gasteiger partial charge >= 0.3 is 0 Å². The van der Waals surface area contributed by atoms with E-state index in [4.69, 9.17) is 0 Å². The van der Waals surface area contributed by atoms with Crippen LogP contribution < -0.4 is 0 Å². The van der Waals surface area contributed by atoms with Crippen molar-refractivity contribution in [1.82, 2.24) is 29.8 Å². The molecule has 0 spiro atoms. The predicted octanol–water partition coefficient (Wildman–Crippen LogP) is 3.53. The minimum atomic E-state index is 0.0514. The number of likely N-dealkylation sites (N-methyl/N-ethyl adjacent to an activating group) is 2. The minimum absolute atomic E-state index is 0.0514. The number of hydrogen-bond acceptors (Lipinski definition) is 6. The zero-order valence-corrected chi connectivity index (χ0v) is 22.5. The van der Waals surface area contributed by atoms with Crippen molar-refractivity contribution in [2.24, 2.45) is 0 Å². The van der Waals surface area contributed by atoms with Gasteiger partial charge in [-0.2, -0.15) is 10.4 Å². The fourth-order valence-electron chi connectivity index (χ4n) is 5.51. The second kappa shape index (κ2) is 11.9. The number of amides is 1. The Morgan fingerprint density at radius 1 is 0.895 bits per heavy atom. The quantitative estimate of drug-likeness (QED) is 0.564. The van der Waals surface area contributed by atoms with Crippen LogP contribution in [0.25, 0.3) is 22.3 Å². The van der Waals surface area contributed by atoms with E-state index < -0.39 is 0 Å². The smallest absolute Gasteiger partial charge is 0.253 e. The molecule has 2 aliphatic rings. The van der Waals surface area contributed by atoms with Gasteiger partial charge in [0.1, 0.15) is 0 Å². The molecule has 0 aliphatic carbocycles. The summed E-state index contributed by atoms with van der Waals surface area (Å²) >= 11 is 0. The van der Waals surface area contributed by atoms with Gasteiger partial charge < -0.3 is 14.7 Å². The van der Waals surface area contributed by atoms with Gasteiger partial charge in [-0.25, -0.2) is 0 Å². The first-order valence-electron chi connectivity index (χ1n) is 13.6. The Morgan fingerprint density at radius 3 is 2.42 bits per heavy atom. The molecule has 0 saturated carbocycles. The summed E-state index contributed by atoms with van der Waals surface area (Å²) in [4.78, 5) is 22.5. The Labute approximate surface area is 225 Å². The van der Waals surface area contributed by atoms with Gasteiger partial charge in [0.15, 0.2) is 0 Å². The van der Waals surface area contributed by atoms with Gasteiger partial charge in [0, 0.05) is 62.2 Å². The average Bonchev–Trinajstić information content (AvgIpc) is 3.29. The number of carbonyl (C=O) groups excluding carboxylic acids is 1. The molecule has 198 valence electrons. The van der Waals surface area contributed by atoms with Crippen LogP contribution in [-0.2, 0) is 6.54 Å². The molecule has 8 nitrogen and oxygen atoms in total. The summed E-state index contributed by atoms with van der Waals surface area (Å²) in [6.07, 6.45) is 5.74. The fourth-order valence-corrected chi connectivity index (χ4v) is 5.51. The topological polar surface area (TPSA) is 82.5 Å². The fraction of sp³-hybridized carbons (Fsp3) is 0.433. The second-order valence-corrected chi connectivity index (χ2v) is 10.6. The number of nitrogens with one attached hydrogen (secondary N) is 1. The number of H-pyrrole nitrogens is 1. The molecule has 1 amide bonds. The highest BCUT2D eigenvalue weighted by Gasteiger charge is 2.22. The van der Waals surface area contributed by atoms with Crippen LogP contribution in [0.5, 0.6) is 0 Å². The van der Waals surface area contributed by atoms with Crippen molar-refractivity contribution in [3.05, 3.63) is 65.5 Å². The number of rotatable bonds is 5. The van der Waals surface area contributed by atoms with Crippen LogP contribution in [0.4, 0.5) is 0 Å². The third-order valence-corrected chi connectivity index (χ3v) is 7.80. The van der Waals surface area contributed by atoms with Crippen molar-refractivity contribution in [3.63, 3.8) is 0 Å². The van der Waals surface area contributed by atoms with E-state index in [0.29, 0.717) is 11.1 Å². The third kappa shape index (κ3) is 5.97. The van der Waals surface area contributed by atoms with Crippen molar-refractivity contribution < 1.29 is 4.79 Å². The number of hydrogen-bond donors (Lipinski definition) is 1. The molecule has 3 heterocycles. The number of nitrogens with zero attached hydrogens (tertiary/aromatic N) is 6. The normalized spacial score (nSPS) is 18.1. The van der Waals surface area contributed by atoms with E-state index in [1.165, 1.54) is 0 Å². The van der Waals surface area contributed by atoms with E-state index in [1.807, 2.05) is 35.4 Å². The van der Waals surface area contributed by atoms with Gasteiger partial charge in [-0.15, -0.1) is 0 Å². The zero-order valence-electron chi connectivity index (χ0n) is 22.5. The van der Waals surface area contributed by atoms with Crippen molar-refractivity contribution in [2.75, 3.05) is 66.5 Å². The Kier molecular flexibility index (Phi) is 8.18. The lowest BCUT2D eigenvalue weighted by Crippen LogP contribution is -2.34. The molecule has 0 unspecified atom stereocenters. The maximum absolute atomic E-state index is 13.5. The number of nitriles is 1. The number of aromatic amines is 1. The molecule has 2 fully saturated rings. The van der Waals surface area contributed by atoms with Crippen molar-refractivity contribution in [2.45, 2.75) is 19.4 Å². The molecule has 2 saturated heterocycles. The van der Waals surface area contributed by atoms with Crippen molar-refractivity contribution in [3.8, 4) is 28.3 Å². The Bertz CT molecular complexity index is 1300. The molecular weight excluding hydrogens is 474 g/mol. The molecule has 3 aromatic rings. The van der Waals surface area contributed by atoms with Crippen LogP contribution in [0.3, 0.4) is 0 Å². The van der Waals surface area contributed by atoms with E-state index in [0.717, 1.165) is 99.6 Å². The largest absolute Gasteiger partial charge is 0.337 e. The second-order valence-electron chi connectivity index (χ2n) is 10.6. The van der Waals surface area contributed by atoms with Gasteiger partial charge in [-0.05, 0) is 81.5 Å². The van der Waals surface area contributed by atoms with Crippen LogP contribution in [0.15, 0.2) is 48.8 Å². The lowest BCUT2D eigenvalue weighted by Gasteiger charge is -2.22. The first-order valence-corrected chi connectivity index (χ1v) is 13.6. The summed E-state index contributed by atoms with van der Waals surface area (Å²) in [5, 5.41) is 17.2. The number of benzene rings is 2. The van der Waals surface area contributed by atoms with Gasteiger partial charge in [0.25, 0.3) is 5.91 Å². The molecule has 0 radical (unpaired) electrons. The highest BCUT2D eigenvalue weighted by Crippen LogP contribution is 2.35. The Hall–Kier alpha value is -3.51. The molecule has 1 N–H and O–H groups in total. The number of carbonyl (C=O) groups is 1. The Morgan fingerprint density at radius 2 is 1.66 bits per heavy atom.